The van der Waals surface area contributed by atoms with Gasteiger partial charge in [0, 0.05) is 0 Å². The van der Waals surface area contributed by atoms with E-state index in [-0.39, 0.29) is 23.1 Å². The van der Waals surface area contributed by atoms with Crippen LogP contribution in [-0.2, 0) is 19.4 Å². The molecular formula is C11H11NO6S. The molecule has 7 nitrogen and oxygen atoms in total. The third kappa shape index (κ3) is 3.02. The Balaban J connectivity index is 2.28. The summed E-state index contributed by atoms with van der Waals surface area (Å²) in [7, 11) is -3.69. The van der Waals surface area contributed by atoms with Gasteiger partial charge in [-0.3, -0.25) is 9.59 Å². The fourth-order valence-corrected chi connectivity index (χ4v) is 2.85. The van der Waals surface area contributed by atoms with Crippen LogP contribution in [0, 0.1) is 0 Å². The quantitative estimate of drug-likeness (QED) is 0.821. The van der Waals surface area contributed by atoms with Gasteiger partial charge in [0.05, 0.1) is 22.8 Å². The van der Waals surface area contributed by atoms with Crippen LogP contribution in [0.3, 0.4) is 0 Å². The highest BCUT2D eigenvalue weighted by Gasteiger charge is 2.21. The maximum absolute atomic E-state index is 11.9. The number of nitrogens with one attached hydrogen (secondary N) is 1. The molecule has 2 rings (SSSR count). The largest absolute Gasteiger partial charge is 0.482 e. The Labute approximate surface area is 109 Å². The molecule has 8 heteroatoms. The number of aliphatic carboxylic acids is 1. The summed E-state index contributed by atoms with van der Waals surface area (Å²) in [5.41, 5.74) is 0.271. The molecule has 1 aliphatic rings. The predicted molar refractivity (Wildman–Crippen MR) is 64.9 cm³/mol. The summed E-state index contributed by atoms with van der Waals surface area (Å²) in [6, 6.07) is 4.03. The van der Waals surface area contributed by atoms with Crippen molar-refractivity contribution in [2.45, 2.75) is 11.3 Å². The summed E-state index contributed by atoms with van der Waals surface area (Å²) in [4.78, 5) is 21.5. The molecule has 102 valence electrons. The number of sulfone groups is 1. The molecule has 0 saturated carbocycles. The van der Waals surface area contributed by atoms with E-state index >= 15 is 0 Å². The molecule has 0 atom stereocenters. The highest BCUT2D eigenvalue weighted by molar-refractivity contribution is 7.91. The second-order valence-corrected chi connectivity index (χ2v) is 6.07. The Morgan fingerprint density at radius 1 is 1.42 bits per heavy atom. The van der Waals surface area contributed by atoms with Crippen molar-refractivity contribution >= 4 is 27.4 Å². The van der Waals surface area contributed by atoms with Gasteiger partial charge in [-0.15, -0.1) is 0 Å². The maximum atomic E-state index is 11.9. The van der Waals surface area contributed by atoms with Crippen molar-refractivity contribution in [2.75, 3.05) is 17.7 Å². The summed E-state index contributed by atoms with van der Waals surface area (Å²) in [5, 5.41) is 11.0. The summed E-state index contributed by atoms with van der Waals surface area (Å²) in [6.45, 7) is -0.113. The van der Waals surface area contributed by atoms with Crippen LogP contribution in [0.25, 0.3) is 0 Å². The van der Waals surface area contributed by atoms with Gasteiger partial charge in [-0.1, -0.05) is 0 Å². The van der Waals surface area contributed by atoms with Gasteiger partial charge in [0.1, 0.15) is 5.75 Å². The summed E-state index contributed by atoms with van der Waals surface area (Å²) in [6.07, 6.45) is -0.470. The second-order valence-electron chi connectivity index (χ2n) is 3.96. The Kier molecular flexibility index (Phi) is 3.43. The average molecular weight is 285 g/mol. The van der Waals surface area contributed by atoms with E-state index in [9.17, 15) is 18.0 Å². The third-order valence-corrected chi connectivity index (χ3v) is 4.24. The Hall–Kier alpha value is -2.09. The van der Waals surface area contributed by atoms with Gasteiger partial charge in [-0.2, -0.15) is 0 Å². The van der Waals surface area contributed by atoms with Crippen molar-refractivity contribution < 1.29 is 27.9 Å². The van der Waals surface area contributed by atoms with Crippen molar-refractivity contribution in [3.63, 3.8) is 0 Å². The van der Waals surface area contributed by atoms with Crippen LogP contribution in [0.15, 0.2) is 23.1 Å². The molecule has 0 radical (unpaired) electrons. The third-order valence-electron chi connectivity index (χ3n) is 2.53. The predicted octanol–water partition coefficient (Wildman–Crippen LogP) is 0.266. The van der Waals surface area contributed by atoms with Crippen LogP contribution in [0.5, 0.6) is 5.75 Å². The molecule has 0 fully saturated rings. The standard InChI is InChI=1S/C11H11NO6S/c13-10-6-18-9-2-1-7(5-8(9)12-10)19(16,17)4-3-11(14)15/h1-2,5H,3-4,6H2,(H,12,13)(H,14,15). The first kappa shape index (κ1) is 13.3. The van der Waals surface area contributed by atoms with Gasteiger partial charge in [-0.25, -0.2) is 8.42 Å². The number of carboxylic acids is 1. The summed E-state index contributed by atoms with van der Waals surface area (Å²) in [5.74, 6) is -1.65. The number of ether oxygens (including phenoxy) is 1. The van der Waals surface area contributed by atoms with Crippen LogP contribution >= 0.6 is 0 Å². The molecule has 0 unspecified atom stereocenters. The maximum Gasteiger partial charge on any atom is 0.304 e. The summed E-state index contributed by atoms with van der Waals surface area (Å²) >= 11 is 0. The van der Waals surface area contributed by atoms with E-state index in [4.69, 9.17) is 9.84 Å². The molecular weight excluding hydrogens is 274 g/mol. The Morgan fingerprint density at radius 3 is 2.84 bits per heavy atom. The van der Waals surface area contributed by atoms with E-state index in [1.165, 1.54) is 18.2 Å². The van der Waals surface area contributed by atoms with Crippen LogP contribution in [0.2, 0.25) is 0 Å². The number of hydrogen-bond donors (Lipinski definition) is 2. The van der Waals surface area contributed by atoms with E-state index in [1.807, 2.05) is 0 Å². The normalized spacial score (nSPS) is 14.2. The number of benzene rings is 1. The molecule has 0 spiro atoms. The Bertz CT molecular complexity index is 637. The molecule has 0 saturated heterocycles. The molecule has 1 aromatic carbocycles. The number of carboxylic acid groups (broad SMARTS) is 1. The lowest BCUT2D eigenvalue weighted by molar-refractivity contribution is -0.136. The van der Waals surface area contributed by atoms with E-state index in [1.54, 1.807) is 0 Å². The number of carbonyl (C=O) groups is 2. The minimum atomic E-state index is -3.69. The van der Waals surface area contributed by atoms with Crippen molar-refractivity contribution in [1.82, 2.24) is 0 Å². The molecule has 19 heavy (non-hydrogen) atoms. The minimum absolute atomic E-state index is 0.0432. The van der Waals surface area contributed by atoms with Gasteiger partial charge >= 0.3 is 5.97 Å². The number of carbonyl (C=O) groups excluding carboxylic acids is 1. The van der Waals surface area contributed by atoms with Crippen molar-refractivity contribution in [3.8, 4) is 5.75 Å². The lowest BCUT2D eigenvalue weighted by atomic mass is 10.2. The molecule has 1 aliphatic heterocycles. The van der Waals surface area contributed by atoms with Crippen molar-refractivity contribution in [3.05, 3.63) is 18.2 Å². The zero-order valence-electron chi connectivity index (χ0n) is 9.75. The molecule has 0 bridgehead atoms. The first-order valence-electron chi connectivity index (χ1n) is 5.40. The van der Waals surface area contributed by atoms with Gasteiger partial charge in [0.25, 0.3) is 5.91 Å². The average Bonchev–Trinajstić information content (AvgIpc) is 2.35. The molecule has 0 aliphatic carbocycles. The fraction of sp³-hybridized carbons (Fsp3) is 0.273. The van der Waals surface area contributed by atoms with Gasteiger partial charge < -0.3 is 15.2 Å². The fourth-order valence-electron chi connectivity index (χ4n) is 1.60. The minimum Gasteiger partial charge on any atom is -0.482 e. The van der Waals surface area contributed by atoms with E-state index < -0.39 is 28.0 Å². The number of rotatable bonds is 4. The molecule has 1 heterocycles. The van der Waals surface area contributed by atoms with Gasteiger partial charge in [0.15, 0.2) is 16.4 Å². The topological polar surface area (TPSA) is 110 Å². The number of hydrogen-bond acceptors (Lipinski definition) is 5. The van der Waals surface area contributed by atoms with Gasteiger partial charge in [-0.05, 0) is 18.2 Å². The Morgan fingerprint density at radius 2 is 2.16 bits per heavy atom. The smallest absolute Gasteiger partial charge is 0.304 e. The molecule has 1 aromatic rings. The molecule has 2 N–H and O–H groups in total. The van der Waals surface area contributed by atoms with Crippen LogP contribution in [0.4, 0.5) is 5.69 Å². The van der Waals surface area contributed by atoms with Crippen molar-refractivity contribution in [1.29, 1.82) is 0 Å². The van der Waals surface area contributed by atoms with E-state index in [0.717, 1.165) is 0 Å². The highest BCUT2D eigenvalue weighted by Crippen LogP contribution is 2.30. The number of amides is 1. The van der Waals surface area contributed by atoms with E-state index in [0.29, 0.717) is 5.75 Å². The van der Waals surface area contributed by atoms with Crippen LogP contribution in [-0.4, -0.2) is 37.8 Å². The number of fused-ring (bicyclic) bond motifs is 1. The monoisotopic (exact) mass is 285 g/mol. The van der Waals surface area contributed by atoms with Crippen molar-refractivity contribution in [2.24, 2.45) is 0 Å². The van der Waals surface area contributed by atoms with E-state index in [2.05, 4.69) is 5.32 Å². The zero-order valence-corrected chi connectivity index (χ0v) is 10.6. The highest BCUT2D eigenvalue weighted by atomic mass is 32.2. The SMILES string of the molecule is O=C(O)CCS(=O)(=O)c1ccc2c(c1)NC(=O)CO2. The number of anilines is 1. The second kappa shape index (κ2) is 4.88. The molecule has 0 aromatic heterocycles. The summed E-state index contributed by atoms with van der Waals surface area (Å²) < 4.78 is 28.9. The first-order chi connectivity index (χ1) is 8.88. The lowest BCUT2D eigenvalue weighted by Crippen LogP contribution is -2.25. The van der Waals surface area contributed by atoms with Crippen LogP contribution < -0.4 is 10.1 Å². The zero-order chi connectivity index (χ0) is 14.0. The first-order valence-corrected chi connectivity index (χ1v) is 7.05. The lowest BCUT2D eigenvalue weighted by Gasteiger charge is -2.18. The molecule has 1 amide bonds. The van der Waals surface area contributed by atoms with Gasteiger partial charge in [0.2, 0.25) is 0 Å². The van der Waals surface area contributed by atoms with Crippen LogP contribution in [0.1, 0.15) is 6.42 Å².